The Balaban J connectivity index is 0. The highest BCUT2D eigenvalue weighted by molar-refractivity contribution is 7.52. The molecule has 0 bridgehead atoms. The number of hydrogen-bond acceptors (Lipinski definition) is 6. The fraction of sp³-hybridized carbons (Fsp3) is 1.00. The number of rotatable bonds is 9. The molecule has 0 radical (unpaired) electrons. The molecule has 10 nitrogen and oxygen atoms in total. The van der Waals surface area contributed by atoms with Crippen LogP contribution in [-0.4, -0.2) is 57.7 Å². The number of nitrogens with two attached hydrogens (primary N) is 3. The van der Waals surface area contributed by atoms with Crippen molar-refractivity contribution in [1.29, 1.82) is 0 Å². The summed E-state index contributed by atoms with van der Waals surface area (Å²) in [6.07, 6.45) is -0.346. The summed E-state index contributed by atoms with van der Waals surface area (Å²) < 4.78 is 21.5. The van der Waals surface area contributed by atoms with Crippen LogP contribution in [0.3, 0.4) is 0 Å². The van der Waals surface area contributed by atoms with Gasteiger partial charge in [0, 0.05) is 32.3 Å². The normalized spacial score (nSPS) is 13.6. The van der Waals surface area contributed by atoms with Gasteiger partial charge in [-0.25, -0.2) is 0 Å². The van der Waals surface area contributed by atoms with Crippen molar-refractivity contribution in [2.75, 3.05) is 32.3 Å². The molecule has 0 aromatic carbocycles. The smallest absolute Gasteiger partial charge is 0.329 e. The maximum Gasteiger partial charge on any atom is 0.342 e. The molecule has 1 unspecified atom stereocenters. The van der Waals surface area contributed by atoms with E-state index in [1.165, 1.54) is 0 Å². The third-order valence-corrected chi connectivity index (χ3v) is 4.18. The maximum absolute atomic E-state index is 11.0. The van der Waals surface area contributed by atoms with E-state index < -0.39 is 21.0 Å². The lowest BCUT2D eigenvalue weighted by Gasteiger charge is -2.19. The van der Waals surface area contributed by atoms with Gasteiger partial charge in [-0.05, 0) is 12.8 Å². The Labute approximate surface area is 118 Å². The summed E-state index contributed by atoms with van der Waals surface area (Å²) in [5.41, 5.74) is 15.0. The van der Waals surface area contributed by atoms with E-state index >= 15 is 0 Å². The van der Waals surface area contributed by atoms with Crippen molar-refractivity contribution < 1.29 is 28.7 Å². The van der Waals surface area contributed by atoms with Crippen LogP contribution in [-0.2, 0) is 9.13 Å². The van der Waals surface area contributed by atoms with E-state index in [9.17, 15) is 9.13 Å². The predicted octanol–water partition coefficient (Wildman–Crippen LogP) is -2.10. The fourth-order valence-electron chi connectivity index (χ4n) is 1.13. The summed E-state index contributed by atoms with van der Waals surface area (Å²) in [4.78, 5) is 35.1. The zero-order valence-corrected chi connectivity index (χ0v) is 13.0. The van der Waals surface area contributed by atoms with Gasteiger partial charge in [-0.1, -0.05) is 0 Å². The average molecular weight is 336 g/mol. The third kappa shape index (κ3) is 16.2. The van der Waals surface area contributed by atoms with E-state index in [0.717, 1.165) is 0 Å². The number of hydrogen-bond donors (Lipinski definition) is 8. The zero-order valence-electron chi connectivity index (χ0n) is 11.3. The largest absolute Gasteiger partial charge is 0.342 e. The van der Waals surface area contributed by atoms with E-state index in [0.29, 0.717) is 13.1 Å². The molecule has 0 spiro atoms. The van der Waals surface area contributed by atoms with Gasteiger partial charge in [0.1, 0.15) is 5.78 Å². The first-order valence-corrected chi connectivity index (χ1v) is 9.49. The zero-order chi connectivity index (χ0) is 16.2. The van der Waals surface area contributed by atoms with Crippen molar-refractivity contribution in [3.63, 3.8) is 0 Å². The Bertz CT molecular complexity index is 318. The molecule has 12 heteroatoms. The van der Waals surface area contributed by atoms with Crippen LogP contribution in [0.4, 0.5) is 0 Å². The lowest BCUT2D eigenvalue weighted by molar-refractivity contribution is 0.338. The Morgan fingerprint density at radius 2 is 1.45 bits per heavy atom. The Morgan fingerprint density at radius 1 is 0.950 bits per heavy atom. The quantitative estimate of drug-likeness (QED) is 0.215. The first kappa shape index (κ1) is 22.4. The van der Waals surface area contributed by atoms with Gasteiger partial charge in [0.2, 0.25) is 0 Å². The molecule has 0 amide bonds. The summed E-state index contributed by atoms with van der Waals surface area (Å²) >= 11 is 0. The lowest BCUT2D eigenvalue weighted by Crippen LogP contribution is -2.33. The SMILES string of the molecule is NCCN.NCCNC(CCCP(=O)(O)O)P(=O)(O)O. The molecule has 0 heterocycles. The summed E-state index contributed by atoms with van der Waals surface area (Å²) in [5.74, 6) is -1.09. The molecule has 20 heavy (non-hydrogen) atoms. The van der Waals surface area contributed by atoms with Gasteiger partial charge >= 0.3 is 15.2 Å². The van der Waals surface area contributed by atoms with Crippen molar-refractivity contribution in [2.24, 2.45) is 17.2 Å². The van der Waals surface area contributed by atoms with Crippen LogP contribution in [0, 0.1) is 0 Å². The molecule has 124 valence electrons. The van der Waals surface area contributed by atoms with E-state index in [1.54, 1.807) is 0 Å². The van der Waals surface area contributed by atoms with Crippen molar-refractivity contribution in [3.05, 3.63) is 0 Å². The number of nitrogens with one attached hydrogen (secondary N) is 1. The molecule has 0 aromatic rings. The molecular weight excluding hydrogens is 310 g/mol. The molecule has 0 aromatic heterocycles. The molecule has 1 atom stereocenters. The highest BCUT2D eigenvalue weighted by atomic mass is 31.2. The minimum absolute atomic E-state index is 0.00458. The van der Waals surface area contributed by atoms with Crippen molar-refractivity contribution in [3.8, 4) is 0 Å². The van der Waals surface area contributed by atoms with Crippen LogP contribution >= 0.6 is 15.2 Å². The first-order valence-electron chi connectivity index (χ1n) is 6.01. The van der Waals surface area contributed by atoms with Crippen LogP contribution in [0.25, 0.3) is 0 Å². The van der Waals surface area contributed by atoms with Gasteiger partial charge in [-0.3, -0.25) is 9.13 Å². The Kier molecular flexibility index (Phi) is 13.2. The second-order valence-corrected chi connectivity index (χ2v) is 7.53. The first-order chi connectivity index (χ1) is 9.08. The third-order valence-electron chi connectivity index (χ3n) is 2.02. The predicted molar refractivity (Wildman–Crippen MR) is 77.1 cm³/mol. The van der Waals surface area contributed by atoms with Crippen molar-refractivity contribution in [1.82, 2.24) is 5.32 Å². The molecular formula is C8H26N4O6P2. The fourth-order valence-corrected chi connectivity index (χ4v) is 2.61. The molecule has 0 aliphatic carbocycles. The molecule has 0 aliphatic heterocycles. The Morgan fingerprint density at radius 3 is 1.75 bits per heavy atom. The summed E-state index contributed by atoms with van der Waals surface area (Å²) in [7, 11) is -8.41. The Hall–Kier alpha value is 0.140. The minimum Gasteiger partial charge on any atom is -0.329 e. The topological polar surface area (TPSA) is 205 Å². The lowest BCUT2D eigenvalue weighted by atomic mass is 10.3. The highest BCUT2D eigenvalue weighted by Gasteiger charge is 2.28. The molecule has 0 rings (SSSR count). The van der Waals surface area contributed by atoms with E-state index in [2.05, 4.69) is 5.32 Å². The van der Waals surface area contributed by atoms with Crippen LogP contribution < -0.4 is 22.5 Å². The molecule has 0 fully saturated rings. The molecule has 0 saturated carbocycles. The van der Waals surface area contributed by atoms with Gasteiger partial charge in [0.05, 0.1) is 0 Å². The monoisotopic (exact) mass is 336 g/mol. The van der Waals surface area contributed by atoms with Gasteiger partial charge in [-0.15, -0.1) is 0 Å². The summed E-state index contributed by atoms with van der Waals surface area (Å²) in [5, 5.41) is 2.55. The van der Waals surface area contributed by atoms with Gasteiger partial charge in [0.25, 0.3) is 0 Å². The van der Waals surface area contributed by atoms with E-state index in [-0.39, 0.29) is 32.1 Å². The van der Waals surface area contributed by atoms with Gasteiger partial charge in [-0.2, -0.15) is 0 Å². The minimum atomic E-state index is -4.31. The highest BCUT2D eigenvalue weighted by Crippen LogP contribution is 2.43. The molecule has 0 aliphatic rings. The van der Waals surface area contributed by atoms with Crippen LogP contribution in [0.1, 0.15) is 12.8 Å². The van der Waals surface area contributed by atoms with Crippen molar-refractivity contribution in [2.45, 2.75) is 18.6 Å². The summed E-state index contributed by atoms with van der Waals surface area (Å²) in [6.45, 7) is 1.67. The van der Waals surface area contributed by atoms with Crippen molar-refractivity contribution >= 4 is 15.2 Å². The van der Waals surface area contributed by atoms with Gasteiger partial charge < -0.3 is 42.1 Å². The second kappa shape index (κ2) is 11.8. The van der Waals surface area contributed by atoms with E-state index in [4.69, 9.17) is 36.8 Å². The molecule has 0 saturated heterocycles. The average Bonchev–Trinajstić information content (AvgIpc) is 2.31. The van der Waals surface area contributed by atoms with Crippen LogP contribution in [0.5, 0.6) is 0 Å². The van der Waals surface area contributed by atoms with Crippen LogP contribution in [0.15, 0.2) is 0 Å². The molecule has 11 N–H and O–H groups in total. The second-order valence-electron chi connectivity index (χ2n) is 3.96. The van der Waals surface area contributed by atoms with Gasteiger partial charge in [0.15, 0.2) is 0 Å². The van der Waals surface area contributed by atoms with Crippen LogP contribution in [0.2, 0.25) is 0 Å². The standard InChI is InChI=1S/C6H18N2O6P2.C2H8N2/c7-3-4-8-6(16(12,13)14)2-1-5-15(9,10)11;3-1-2-4/h6,8H,1-5,7H2,(H2,9,10,11)(H2,12,13,14);1-4H2. The maximum atomic E-state index is 11.0. The summed E-state index contributed by atoms with van der Waals surface area (Å²) in [6, 6.07) is 0. The van der Waals surface area contributed by atoms with E-state index in [1.807, 2.05) is 0 Å².